The molecule has 1 N–H and O–H groups in total. The lowest BCUT2D eigenvalue weighted by atomic mass is 10.1. The third kappa shape index (κ3) is 4.00. The Hall–Kier alpha value is -0.890. The van der Waals surface area contributed by atoms with Crippen molar-refractivity contribution in [2.24, 2.45) is 5.92 Å². The van der Waals surface area contributed by atoms with Crippen molar-refractivity contribution in [2.75, 3.05) is 6.54 Å². The predicted octanol–water partition coefficient (Wildman–Crippen LogP) is 3.52. The fraction of sp³-hybridized carbons (Fsp3) is 0.538. The molecule has 0 aliphatic rings. The molecule has 0 spiro atoms. The van der Waals surface area contributed by atoms with E-state index < -0.39 is 0 Å². The second kappa shape index (κ2) is 5.86. The van der Waals surface area contributed by atoms with Crippen LogP contribution < -0.4 is 5.32 Å². The number of rotatable bonds is 5. The monoisotopic (exact) mass is 209 g/mol. The molecular formula is C13H20FN. The Morgan fingerprint density at radius 3 is 2.47 bits per heavy atom. The topological polar surface area (TPSA) is 12.0 Å². The van der Waals surface area contributed by atoms with Gasteiger partial charge in [-0.2, -0.15) is 0 Å². The molecular weight excluding hydrogens is 189 g/mol. The molecule has 0 aliphatic carbocycles. The Balaban J connectivity index is 2.47. The van der Waals surface area contributed by atoms with Gasteiger partial charge < -0.3 is 5.32 Å². The number of halogens is 1. The Bertz CT molecular complexity index is 296. The maximum Gasteiger partial charge on any atom is 0.127 e. The number of nitrogens with one attached hydrogen (secondary N) is 1. The summed E-state index contributed by atoms with van der Waals surface area (Å²) in [6, 6.07) is 7.03. The largest absolute Gasteiger partial charge is 0.310 e. The van der Waals surface area contributed by atoms with Gasteiger partial charge >= 0.3 is 0 Å². The quantitative estimate of drug-likeness (QED) is 0.782. The average Bonchev–Trinajstić information content (AvgIpc) is 2.17. The van der Waals surface area contributed by atoms with E-state index in [-0.39, 0.29) is 11.9 Å². The lowest BCUT2D eigenvalue weighted by Gasteiger charge is -2.15. The highest BCUT2D eigenvalue weighted by molar-refractivity contribution is 5.20. The standard InChI is InChI=1S/C13H20FN/c1-10(2)8-9-15-11(3)12-6-4-5-7-13(12)14/h4-7,10-11,15H,8-9H2,1-3H3/t11-/m1/s1. The van der Waals surface area contributed by atoms with Crippen molar-refractivity contribution in [2.45, 2.75) is 33.2 Å². The summed E-state index contributed by atoms with van der Waals surface area (Å²) in [5, 5.41) is 3.33. The van der Waals surface area contributed by atoms with Gasteiger partial charge in [-0.1, -0.05) is 32.0 Å². The first-order valence-electron chi connectivity index (χ1n) is 5.59. The Morgan fingerprint density at radius 1 is 1.20 bits per heavy atom. The van der Waals surface area contributed by atoms with Gasteiger partial charge in [-0.25, -0.2) is 4.39 Å². The molecule has 0 saturated heterocycles. The lowest BCUT2D eigenvalue weighted by Crippen LogP contribution is -2.21. The predicted molar refractivity (Wildman–Crippen MR) is 62.3 cm³/mol. The van der Waals surface area contributed by atoms with Crippen LogP contribution in [0.1, 0.15) is 38.8 Å². The summed E-state index contributed by atoms with van der Waals surface area (Å²) in [7, 11) is 0. The molecule has 0 saturated carbocycles. The lowest BCUT2D eigenvalue weighted by molar-refractivity contribution is 0.482. The number of benzene rings is 1. The van der Waals surface area contributed by atoms with Crippen molar-refractivity contribution in [1.82, 2.24) is 5.32 Å². The Morgan fingerprint density at radius 2 is 1.87 bits per heavy atom. The molecule has 0 radical (unpaired) electrons. The normalized spacial score (nSPS) is 13.1. The maximum absolute atomic E-state index is 13.4. The van der Waals surface area contributed by atoms with Gasteiger partial charge in [0.1, 0.15) is 5.82 Å². The molecule has 1 rings (SSSR count). The van der Waals surface area contributed by atoms with E-state index in [2.05, 4.69) is 19.2 Å². The van der Waals surface area contributed by atoms with E-state index in [0.29, 0.717) is 5.92 Å². The fourth-order valence-corrected chi connectivity index (χ4v) is 1.52. The first-order chi connectivity index (χ1) is 7.11. The third-order valence-corrected chi connectivity index (χ3v) is 2.54. The molecule has 84 valence electrons. The molecule has 0 bridgehead atoms. The summed E-state index contributed by atoms with van der Waals surface area (Å²) in [6.45, 7) is 7.32. The molecule has 0 fully saturated rings. The molecule has 0 aromatic heterocycles. The van der Waals surface area contributed by atoms with E-state index in [1.54, 1.807) is 6.07 Å². The first kappa shape index (κ1) is 12.2. The molecule has 0 unspecified atom stereocenters. The van der Waals surface area contributed by atoms with E-state index in [1.165, 1.54) is 6.07 Å². The van der Waals surface area contributed by atoms with Crippen LogP contribution in [0.15, 0.2) is 24.3 Å². The highest BCUT2D eigenvalue weighted by Gasteiger charge is 2.08. The van der Waals surface area contributed by atoms with Crippen molar-refractivity contribution in [3.05, 3.63) is 35.6 Å². The highest BCUT2D eigenvalue weighted by atomic mass is 19.1. The summed E-state index contributed by atoms with van der Waals surface area (Å²) >= 11 is 0. The summed E-state index contributed by atoms with van der Waals surface area (Å²) in [4.78, 5) is 0. The van der Waals surface area contributed by atoms with Gasteiger partial charge in [0.05, 0.1) is 0 Å². The van der Waals surface area contributed by atoms with E-state index >= 15 is 0 Å². The highest BCUT2D eigenvalue weighted by Crippen LogP contribution is 2.15. The van der Waals surface area contributed by atoms with Crippen LogP contribution in [0, 0.1) is 11.7 Å². The van der Waals surface area contributed by atoms with Crippen LogP contribution in [0.3, 0.4) is 0 Å². The molecule has 15 heavy (non-hydrogen) atoms. The first-order valence-corrected chi connectivity index (χ1v) is 5.59. The summed E-state index contributed by atoms with van der Waals surface area (Å²) in [5.74, 6) is 0.562. The van der Waals surface area contributed by atoms with Gasteiger partial charge in [-0.3, -0.25) is 0 Å². The fourth-order valence-electron chi connectivity index (χ4n) is 1.52. The summed E-state index contributed by atoms with van der Waals surface area (Å²) in [6.07, 6.45) is 1.12. The number of hydrogen-bond acceptors (Lipinski definition) is 1. The summed E-state index contributed by atoms with van der Waals surface area (Å²) < 4.78 is 13.4. The van der Waals surface area contributed by atoms with E-state index in [9.17, 15) is 4.39 Å². The number of hydrogen-bond donors (Lipinski definition) is 1. The van der Waals surface area contributed by atoms with Crippen molar-refractivity contribution in [1.29, 1.82) is 0 Å². The average molecular weight is 209 g/mol. The van der Waals surface area contributed by atoms with Crippen LogP contribution in [-0.2, 0) is 0 Å². The van der Waals surface area contributed by atoms with Gasteiger partial charge in [-0.05, 0) is 31.9 Å². The van der Waals surface area contributed by atoms with Gasteiger partial charge in [0.25, 0.3) is 0 Å². The van der Waals surface area contributed by atoms with Crippen LogP contribution >= 0.6 is 0 Å². The Labute approximate surface area is 91.7 Å². The minimum Gasteiger partial charge on any atom is -0.310 e. The van der Waals surface area contributed by atoms with Crippen molar-refractivity contribution >= 4 is 0 Å². The van der Waals surface area contributed by atoms with Gasteiger partial charge in [0, 0.05) is 11.6 Å². The molecule has 1 nitrogen and oxygen atoms in total. The second-order valence-corrected chi connectivity index (χ2v) is 4.38. The molecule has 1 aromatic carbocycles. The van der Waals surface area contributed by atoms with Crippen LogP contribution in [0.25, 0.3) is 0 Å². The van der Waals surface area contributed by atoms with Crippen molar-refractivity contribution < 1.29 is 4.39 Å². The van der Waals surface area contributed by atoms with Crippen LogP contribution in [-0.4, -0.2) is 6.54 Å². The molecule has 0 amide bonds. The van der Waals surface area contributed by atoms with Crippen LogP contribution in [0.2, 0.25) is 0 Å². The van der Waals surface area contributed by atoms with Crippen molar-refractivity contribution in [3.8, 4) is 0 Å². The SMILES string of the molecule is CC(C)CCN[C@H](C)c1ccccc1F. The van der Waals surface area contributed by atoms with E-state index in [4.69, 9.17) is 0 Å². The molecule has 0 heterocycles. The minimum atomic E-state index is -0.123. The zero-order chi connectivity index (χ0) is 11.3. The van der Waals surface area contributed by atoms with Crippen LogP contribution in [0.5, 0.6) is 0 Å². The summed E-state index contributed by atoms with van der Waals surface area (Å²) in [5.41, 5.74) is 0.751. The van der Waals surface area contributed by atoms with Gasteiger partial charge in [0.15, 0.2) is 0 Å². The minimum absolute atomic E-state index is 0.0879. The zero-order valence-electron chi connectivity index (χ0n) is 9.76. The molecule has 1 atom stereocenters. The van der Waals surface area contributed by atoms with E-state index in [1.807, 2.05) is 19.1 Å². The Kier molecular flexibility index (Phi) is 4.76. The van der Waals surface area contributed by atoms with E-state index in [0.717, 1.165) is 18.5 Å². The smallest absolute Gasteiger partial charge is 0.127 e. The van der Waals surface area contributed by atoms with Crippen molar-refractivity contribution in [3.63, 3.8) is 0 Å². The van der Waals surface area contributed by atoms with Gasteiger partial charge in [-0.15, -0.1) is 0 Å². The molecule has 2 heteroatoms. The molecule has 1 aromatic rings. The second-order valence-electron chi connectivity index (χ2n) is 4.38. The molecule has 0 aliphatic heterocycles. The zero-order valence-corrected chi connectivity index (χ0v) is 9.76. The van der Waals surface area contributed by atoms with Gasteiger partial charge in [0.2, 0.25) is 0 Å². The van der Waals surface area contributed by atoms with Crippen LogP contribution in [0.4, 0.5) is 4.39 Å². The third-order valence-electron chi connectivity index (χ3n) is 2.54. The maximum atomic E-state index is 13.4.